The highest BCUT2D eigenvalue weighted by Crippen LogP contribution is 2.38. The number of likely N-dealkylation sites (tertiary alicyclic amines) is 1. The molecule has 5 nitrogen and oxygen atoms in total. The lowest BCUT2D eigenvalue weighted by Gasteiger charge is -2.36. The third kappa shape index (κ3) is 3.31. The highest BCUT2D eigenvalue weighted by molar-refractivity contribution is 5.21. The second-order valence-corrected chi connectivity index (χ2v) is 5.81. The summed E-state index contributed by atoms with van der Waals surface area (Å²) in [5.74, 6) is 0.644. The number of hydrogen-bond acceptors (Lipinski definition) is 4. The van der Waals surface area contributed by atoms with Crippen LogP contribution in [0.2, 0.25) is 0 Å². The van der Waals surface area contributed by atoms with Gasteiger partial charge in [-0.3, -0.25) is 14.7 Å². The molecule has 2 atom stereocenters. The van der Waals surface area contributed by atoms with E-state index in [2.05, 4.69) is 15.0 Å². The third-order valence-corrected chi connectivity index (χ3v) is 4.28. The van der Waals surface area contributed by atoms with Crippen LogP contribution in [0.25, 0.3) is 0 Å². The highest BCUT2D eigenvalue weighted by Gasteiger charge is 2.34. The molecule has 1 aliphatic heterocycles. The first-order valence-electron chi connectivity index (χ1n) is 7.26. The van der Waals surface area contributed by atoms with E-state index in [4.69, 9.17) is 4.52 Å². The van der Waals surface area contributed by atoms with E-state index >= 15 is 0 Å². The number of nitrogens with one attached hydrogen (secondary N) is 1. The molecule has 8 heteroatoms. The van der Waals surface area contributed by atoms with E-state index < -0.39 is 11.9 Å². The number of halogens is 3. The van der Waals surface area contributed by atoms with Crippen LogP contribution in [0, 0.1) is 0 Å². The second-order valence-electron chi connectivity index (χ2n) is 5.81. The molecule has 1 aliphatic rings. The number of piperidine rings is 1. The minimum Gasteiger partial charge on any atom is -0.383 e. The van der Waals surface area contributed by atoms with Crippen LogP contribution >= 0.6 is 0 Å². The summed E-state index contributed by atoms with van der Waals surface area (Å²) in [5, 5.41) is 2.27. The summed E-state index contributed by atoms with van der Waals surface area (Å²) < 4.78 is 43.0. The molecular formula is C15H16F3N3O2. The minimum absolute atomic E-state index is 0.0532. The first-order valence-corrected chi connectivity index (χ1v) is 7.26. The molecule has 3 heterocycles. The van der Waals surface area contributed by atoms with E-state index in [9.17, 15) is 18.0 Å². The largest absolute Gasteiger partial charge is 0.433 e. The second kappa shape index (κ2) is 5.84. The van der Waals surface area contributed by atoms with Gasteiger partial charge in [0.05, 0.1) is 0 Å². The molecule has 0 aliphatic carbocycles. The number of rotatable bonds is 2. The van der Waals surface area contributed by atoms with Gasteiger partial charge in [0, 0.05) is 24.2 Å². The van der Waals surface area contributed by atoms with Gasteiger partial charge in [0.2, 0.25) is 0 Å². The summed E-state index contributed by atoms with van der Waals surface area (Å²) in [4.78, 5) is 16.8. The minimum atomic E-state index is -4.44. The predicted molar refractivity (Wildman–Crippen MR) is 75.9 cm³/mol. The molecule has 2 unspecified atom stereocenters. The van der Waals surface area contributed by atoms with Gasteiger partial charge in [-0.15, -0.1) is 0 Å². The van der Waals surface area contributed by atoms with Crippen LogP contribution in [0.15, 0.2) is 33.7 Å². The number of pyridine rings is 1. The number of aromatic nitrogens is 2. The van der Waals surface area contributed by atoms with Gasteiger partial charge in [0.25, 0.3) is 5.56 Å². The number of aromatic amines is 1. The van der Waals surface area contributed by atoms with Crippen LogP contribution in [-0.2, 0) is 6.18 Å². The molecule has 1 fully saturated rings. The summed E-state index contributed by atoms with van der Waals surface area (Å²) >= 11 is 0. The summed E-state index contributed by atoms with van der Waals surface area (Å²) in [6, 6.07) is 3.83. The first-order chi connectivity index (χ1) is 10.8. The molecule has 124 valence electrons. The van der Waals surface area contributed by atoms with Crippen molar-refractivity contribution >= 4 is 0 Å². The fourth-order valence-electron chi connectivity index (χ4n) is 3.00. The van der Waals surface area contributed by atoms with E-state index in [1.807, 2.05) is 7.05 Å². The molecule has 2 aromatic rings. The van der Waals surface area contributed by atoms with Gasteiger partial charge in [0.1, 0.15) is 11.5 Å². The van der Waals surface area contributed by atoms with Crippen LogP contribution in [0.1, 0.15) is 41.8 Å². The molecule has 1 N–H and O–H groups in total. The fourth-order valence-corrected chi connectivity index (χ4v) is 3.00. The van der Waals surface area contributed by atoms with Crippen molar-refractivity contribution in [1.29, 1.82) is 0 Å². The Hall–Kier alpha value is -2.09. The molecule has 0 amide bonds. The Balaban J connectivity index is 1.81. The average molecular weight is 327 g/mol. The molecular weight excluding hydrogens is 311 g/mol. The van der Waals surface area contributed by atoms with Crippen molar-refractivity contribution in [2.75, 3.05) is 13.6 Å². The van der Waals surface area contributed by atoms with Crippen LogP contribution < -0.4 is 5.56 Å². The van der Waals surface area contributed by atoms with E-state index in [1.54, 1.807) is 0 Å². The zero-order valence-electron chi connectivity index (χ0n) is 12.4. The van der Waals surface area contributed by atoms with E-state index in [1.165, 1.54) is 18.3 Å². The van der Waals surface area contributed by atoms with Gasteiger partial charge < -0.3 is 4.52 Å². The number of H-pyrrole nitrogens is 1. The predicted octanol–water partition coefficient (Wildman–Crippen LogP) is 2.93. The lowest BCUT2D eigenvalue weighted by Crippen LogP contribution is -2.33. The summed E-state index contributed by atoms with van der Waals surface area (Å²) in [6.45, 7) is 0.755. The van der Waals surface area contributed by atoms with Crippen molar-refractivity contribution < 1.29 is 17.7 Å². The van der Waals surface area contributed by atoms with Gasteiger partial charge in [-0.25, -0.2) is 0 Å². The van der Waals surface area contributed by atoms with E-state index in [0.29, 0.717) is 12.2 Å². The molecule has 0 spiro atoms. The van der Waals surface area contributed by atoms with Crippen molar-refractivity contribution in [3.8, 4) is 0 Å². The Morgan fingerprint density at radius 2 is 2.17 bits per heavy atom. The number of nitrogens with zero attached hydrogens (tertiary/aromatic N) is 2. The van der Waals surface area contributed by atoms with Crippen molar-refractivity contribution in [1.82, 2.24) is 15.0 Å². The summed E-state index contributed by atoms with van der Waals surface area (Å²) in [6.07, 6.45) is -1.68. The Morgan fingerprint density at radius 1 is 1.39 bits per heavy atom. The van der Waals surface area contributed by atoms with Crippen LogP contribution in [0.3, 0.4) is 0 Å². The highest BCUT2D eigenvalue weighted by atomic mass is 19.4. The van der Waals surface area contributed by atoms with E-state index in [0.717, 1.165) is 24.6 Å². The molecule has 0 aromatic carbocycles. The maximum atomic E-state index is 12.6. The topological polar surface area (TPSA) is 62.1 Å². The maximum absolute atomic E-state index is 12.6. The van der Waals surface area contributed by atoms with Crippen LogP contribution in [0.4, 0.5) is 13.2 Å². The smallest absolute Gasteiger partial charge is 0.383 e. The molecule has 2 aromatic heterocycles. The van der Waals surface area contributed by atoms with Crippen molar-refractivity contribution in [2.45, 2.75) is 31.0 Å². The Bertz CT molecular complexity index is 721. The Labute approximate surface area is 130 Å². The average Bonchev–Trinajstić information content (AvgIpc) is 2.94. The first kappa shape index (κ1) is 15.8. The maximum Gasteiger partial charge on any atom is 0.433 e. The molecule has 1 saturated heterocycles. The van der Waals surface area contributed by atoms with Gasteiger partial charge in [0.15, 0.2) is 0 Å². The van der Waals surface area contributed by atoms with E-state index in [-0.39, 0.29) is 17.5 Å². The Morgan fingerprint density at radius 3 is 2.74 bits per heavy atom. The van der Waals surface area contributed by atoms with Crippen LogP contribution in [0.5, 0.6) is 0 Å². The Kier molecular flexibility index (Phi) is 4.01. The van der Waals surface area contributed by atoms with Crippen molar-refractivity contribution in [2.24, 2.45) is 0 Å². The zero-order valence-corrected chi connectivity index (χ0v) is 12.4. The van der Waals surface area contributed by atoms with Crippen LogP contribution in [-0.4, -0.2) is 28.6 Å². The van der Waals surface area contributed by atoms with Gasteiger partial charge in [-0.1, -0.05) is 6.07 Å². The molecule has 0 saturated carbocycles. The fraction of sp³-hybridized carbons (Fsp3) is 0.467. The lowest BCUT2D eigenvalue weighted by atomic mass is 9.86. The van der Waals surface area contributed by atoms with Gasteiger partial charge in [-0.05, 0) is 38.1 Å². The molecule has 3 rings (SSSR count). The summed E-state index contributed by atoms with van der Waals surface area (Å²) in [5.41, 5.74) is -0.456. The zero-order chi connectivity index (χ0) is 16.6. The lowest BCUT2D eigenvalue weighted by molar-refractivity contribution is -0.141. The quantitative estimate of drug-likeness (QED) is 0.921. The molecule has 0 bridgehead atoms. The normalized spacial score (nSPS) is 23.1. The third-order valence-electron chi connectivity index (χ3n) is 4.28. The number of hydrogen-bond donors (Lipinski definition) is 1. The van der Waals surface area contributed by atoms with Crippen molar-refractivity contribution in [3.63, 3.8) is 0 Å². The monoisotopic (exact) mass is 327 g/mol. The van der Waals surface area contributed by atoms with Gasteiger partial charge >= 0.3 is 6.18 Å². The molecule has 23 heavy (non-hydrogen) atoms. The SMILES string of the molecule is CN1CCC(c2cc(=O)[nH]o2)CC1c1ccc(C(F)(F)F)nc1. The summed E-state index contributed by atoms with van der Waals surface area (Å²) in [7, 11) is 1.92. The van der Waals surface area contributed by atoms with Crippen molar-refractivity contribution in [3.05, 3.63) is 51.8 Å². The molecule has 0 radical (unpaired) electrons. The van der Waals surface area contributed by atoms with Gasteiger partial charge in [-0.2, -0.15) is 18.3 Å². The number of alkyl halides is 3. The standard InChI is InChI=1S/C15H16F3N3O2/c1-21-5-4-9(12-7-14(22)20-23-12)6-11(21)10-2-3-13(19-8-10)15(16,17)18/h2-3,7-9,11H,4-6H2,1H3,(H,20,22).